The normalized spacial score (nSPS) is 22.7. The van der Waals surface area contributed by atoms with Gasteiger partial charge in [0.15, 0.2) is 12.1 Å². The SMILES string of the molecule is CCc1n(CC(=O)O[C@@H]2C[C@H](C)CC[C@H]2C(C)C)c2cccnc2[n+]1C.[I-]. The van der Waals surface area contributed by atoms with Crippen LogP contribution in [0.4, 0.5) is 0 Å². The number of carbonyl (C=O) groups is 1. The van der Waals surface area contributed by atoms with E-state index in [0.717, 1.165) is 36.3 Å². The number of halogens is 1. The Balaban J connectivity index is 0.00000261. The first-order valence-electron chi connectivity index (χ1n) is 9.93. The van der Waals surface area contributed by atoms with E-state index >= 15 is 0 Å². The van der Waals surface area contributed by atoms with Gasteiger partial charge in [-0.25, -0.2) is 13.9 Å². The van der Waals surface area contributed by atoms with Crippen LogP contribution in [0, 0.1) is 17.8 Å². The largest absolute Gasteiger partial charge is 1.00 e. The van der Waals surface area contributed by atoms with Gasteiger partial charge in [0.2, 0.25) is 5.82 Å². The summed E-state index contributed by atoms with van der Waals surface area (Å²) in [6.07, 6.45) is 6.06. The number of hydrogen-bond acceptors (Lipinski definition) is 3. The van der Waals surface area contributed by atoms with Crippen LogP contribution in [0.2, 0.25) is 0 Å². The molecular weight excluding hydrogens is 453 g/mol. The number of nitrogens with zero attached hydrogens (tertiary/aromatic N) is 3. The van der Waals surface area contributed by atoms with Crippen LogP contribution < -0.4 is 28.5 Å². The molecule has 3 atom stereocenters. The molecule has 0 unspecified atom stereocenters. The predicted octanol–water partition coefficient (Wildman–Crippen LogP) is 0.431. The Labute approximate surface area is 179 Å². The Morgan fingerprint density at radius 3 is 2.81 bits per heavy atom. The van der Waals surface area contributed by atoms with E-state index in [-0.39, 0.29) is 42.6 Å². The third-order valence-electron chi connectivity index (χ3n) is 5.92. The maximum absolute atomic E-state index is 12.8. The van der Waals surface area contributed by atoms with Crippen molar-refractivity contribution in [3.63, 3.8) is 0 Å². The van der Waals surface area contributed by atoms with Crippen molar-refractivity contribution in [1.29, 1.82) is 0 Å². The van der Waals surface area contributed by atoms with Crippen molar-refractivity contribution < 1.29 is 38.1 Å². The summed E-state index contributed by atoms with van der Waals surface area (Å²) in [5.74, 6) is 2.60. The third kappa shape index (κ3) is 4.63. The lowest BCUT2D eigenvalue weighted by molar-refractivity contribution is -0.655. The van der Waals surface area contributed by atoms with Crippen LogP contribution in [0.1, 0.15) is 52.8 Å². The molecule has 0 N–H and O–H groups in total. The molecule has 1 saturated carbocycles. The van der Waals surface area contributed by atoms with Crippen molar-refractivity contribution in [3.05, 3.63) is 24.2 Å². The van der Waals surface area contributed by atoms with Crippen LogP contribution in [0.25, 0.3) is 11.2 Å². The number of carbonyl (C=O) groups excluding carboxylic acids is 1. The number of ether oxygens (including phenoxy) is 1. The van der Waals surface area contributed by atoms with Crippen molar-refractivity contribution in [2.45, 2.75) is 66.0 Å². The van der Waals surface area contributed by atoms with Gasteiger partial charge in [-0.15, -0.1) is 4.98 Å². The summed E-state index contributed by atoms with van der Waals surface area (Å²) in [7, 11) is 2.01. The summed E-state index contributed by atoms with van der Waals surface area (Å²) < 4.78 is 10.1. The maximum Gasteiger partial charge on any atom is 0.341 e. The van der Waals surface area contributed by atoms with E-state index in [1.165, 1.54) is 6.42 Å². The standard InChI is InChI=1S/C21H32N3O2.HI/c1-6-19-23(5)21-17(8-7-11-22-21)24(19)13-20(25)26-18-12-15(4)9-10-16(18)14(2)3;/h7-8,11,14-16,18H,6,9-10,12-13H2,1-5H3;1H/q+1;/p-1/t15-,16+,18-;/m1./s1. The summed E-state index contributed by atoms with van der Waals surface area (Å²) in [6.45, 7) is 9.09. The zero-order valence-corrected chi connectivity index (χ0v) is 19.3. The average molecular weight is 485 g/mol. The Morgan fingerprint density at radius 2 is 2.15 bits per heavy atom. The number of pyridine rings is 1. The molecule has 5 nitrogen and oxygen atoms in total. The van der Waals surface area contributed by atoms with Gasteiger partial charge >= 0.3 is 11.6 Å². The highest BCUT2D eigenvalue weighted by molar-refractivity contribution is 5.74. The molecule has 3 rings (SSSR count). The summed E-state index contributed by atoms with van der Waals surface area (Å²) >= 11 is 0. The van der Waals surface area contributed by atoms with Gasteiger partial charge in [0.25, 0.3) is 0 Å². The van der Waals surface area contributed by atoms with Gasteiger partial charge in [-0.3, -0.25) is 0 Å². The average Bonchev–Trinajstić information content (AvgIpc) is 2.86. The maximum atomic E-state index is 12.8. The fourth-order valence-electron chi connectivity index (χ4n) is 4.49. The predicted molar refractivity (Wildman–Crippen MR) is 102 cm³/mol. The summed E-state index contributed by atoms with van der Waals surface area (Å²) in [6, 6.07) is 3.94. The smallest absolute Gasteiger partial charge is 0.341 e. The van der Waals surface area contributed by atoms with Crippen LogP contribution in [-0.4, -0.2) is 21.6 Å². The highest BCUT2D eigenvalue weighted by Crippen LogP contribution is 2.35. The molecule has 0 spiro atoms. The quantitative estimate of drug-likeness (QED) is 0.351. The lowest BCUT2D eigenvalue weighted by Crippen LogP contribution is -3.00. The molecule has 0 aromatic carbocycles. The van der Waals surface area contributed by atoms with E-state index in [0.29, 0.717) is 17.8 Å². The van der Waals surface area contributed by atoms with E-state index in [9.17, 15) is 4.79 Å². The van der Waals surface area contributed by atoms with E-state index in [4.69, 9.17) is 4.74 Å². The summed E-state index contributed by atoms with van der Waals surface area (Å²) in [4.78, 5) is 17.3. The molecule has 1 fully saturated rings. The number of esters is 1. The van der Waals surface area contributed by atoms with E-state index in [1.807, 2.05) is 19.2 Å². The van der Waals surface area contributed by atoms with Crippen LogP contribution in [-0.2, 0) is 29.5 Å². The van der Waals surface area contributed by atoms with Crippen LogP contribution >= 0.6 is 0 Å². The molecule has 1 aliphatic carbocycles. The second kappa shape index (κ2) is 9.34. The van der Waals surface area contributed by atoms with E-state index in [1.54, 1.807) is 6.20 Å². The Bertz CT molecular complexity index is 787. The second-order valence-electron chi connectivity index (χ2n) is 8.12. The van der Waals surface area contributed by atoms with Crippen LogP contribution in [0.3, 0.4) is 0 Å². The Hall–Kier alpha value is -1.18. The first-order chi connectivity index (χ1) is 12.4. The fourth-order valence-corrected chi connectivity index (χ4v) is 4.49. The summed E-state index contributed by atoms with van der Waals surface area (Å²) in [5.41, 5.74) is 1.89. The molecule has 0 aliphatic heterocycles. The zero-order chi connectivity index (χ0) is 18.8. The number of rotatable bonds is 5. The minimum Gasteiger partial charge on any atom is -1.00 e. The molecular formula is C21H32IN3O2. The van der Waals surface area contributed by atoms with Gasteiger partial charge in [-0.2, -0.15) is 0 Å². The lowest BCUT2D eigenvalue weighted by Gasteiger charge is -2.36. The van der Waals surface area contributed by atoms with Gasteiger partial charge in [0.1, 0.15) is 12.3 Å². The number of aryl methyl sites for hydroxylation is 1. The highest BCUT2D eigenvalue weighted by atomic mass is 127. The first-order valence-corrected chi connectivity index (χ1v) is 9.93. The molecule has 2 aromatic heterocycles. The summed E-state index contributed by atoms with van der Waals surface area (Å²) in [5, 5.41) is 0. The number of hydrogen-bond donors (Lipinski definition) is 0. The van der Waals surface area contributed by atoms with Crippen molar-refractivity contribution in [1.82, 2.24) is 9.55 Å². The van der Waals surface area contributed by atoms with Crippen molar-refractivity contribution in [3.8, 4) is 0 Å². The van der Waals surface area contributed by atoms with E-state index in [2.05, 4.69) is 41.8 Å². The van der Waals surface area contributed by atoms with Gasteiger partial charge in [0, 0.05) is 6.42 Å². The van der Waals surface area contributed by atoms with Crippen LogP contribution in [0.15, 0.2) is 18.3 Å². The Morgan fingerprint density at radius 1 is 1.41 bits per heavy atom. The van der Waals surface area contributed by atoms with Crippen LogP contribution in [0.5, 0.6) is 0 Å². The van der Waals surface area contributed by atoms with E-state index < -0.39 is 0 Å². The van der Waals surface area contributed by atoms with Gasteiger partial charge in [-0.1, -0.05) is 34.1 Å². The molecule has 0 bridgehead atoms. The molecule has 150 valence electrons. The fraction of sp³-hybridized carbons (Fsp3) is 0.667. The van der Waals surface area contributed by atoms with Gasteiger partial charge < -0.3 is 28.7 Å². The van der Waals surface area contributed by atoms with Gasteiger partial charge in [-0.05, 0) is 42.7 Å². The minimum atomic E-state index is -0.134. The Kier molecular flexibility index (Phi) is 7.65. The third-order valence-corrected chi connectivity index (χ3v) is 5.92. The number of imidazole rings is 1. The first kappa shape index (κ1) is 22.1. The highest BCUT2D eigenvalue weighted by Gasteiger charge is 2.34. The molecule has 2 aromatic rings. The lowest BCUT2D eigenvalue weighted by atomic mass is 9.75. The topological polar surface area (TPSA) is 48.0 Å². The monoisotopic (exact) mass is 485 g/mol. The molecule has 0 amide bonds. The number of fused-ring (bicyclic) bond motifs is 1. The minimum absolute atomic E-state index is 0. The van der Waals surface area contributed by atoms with Crippen molar-refractivity contribution >= 4 is 17.1 Å². The van der Waals surface area contributed by atoms with Crippen molar-refractivity contribution in [2.75, 3.05) is 0 Å². The zero-order valence-electron chi connectivity index (χ0n) is 17.1. The molecule has 0 saturated heterocycles. The molecule has 2 heterocycles. The van der Waals surface area contributed by atoms with Gasteiger partial charge in [0.05, 0.1) is 7.05 Å². The molecule has 6 heteroatoms. The molecule has 27 heavy (non-hydrogen) atoms. The number of aromatic nitrogens is 3. The molecule has 0 radical (unpaired) electrons. The van der Waals surface area contributed by atoms with Crippen molar-refractivity contribution in [2.24, 2.45) is 24.8 Å². The second-order valence-corrected chi connectivity index (χ2v) is 8.12. The molecule has 1 aliphatic rings.